The van der Waals surface area contributed by atoms with E-state index in [1.54, 1.807) is 0 Å². The maximum atomic E-state index is 9.13. The summed E-state index contributed by atoms with van der Waals surface area (Å²) < 4.78 is 32.9. The third-order valence-corrected chi connectivity index (χ3v) is 18.8. The van der Waals surface area contributed by atoms with Gasteiger partial charge in [0.05, 0.1) is 25.9 Å². The van der Waals surface area contributed by atoms with E-state index in [2.05, 4.69) is 104 Å². The van der Waals surface area contributed by atoms with Gasteiger partial charge < -0.3 is 28.2 Å². The number of ether oxygens (including phenoxy) is 3. The van der Waals surface area contributed by atoms with Gasteiger partial charge in [-0.3, -0.25) is 0 Å². The number of benzene rings is 2. The first-order valence-corrected chi connectivity index (χ1v) is 22.1. The third-order valence-electron chi connectivity index (χ3n) is 10.1. The number of hydrogen-bond acceptors (Lipinski definition) is 6. The molecule has 1 fully saturated rings. The Kier molecular flexibility index (Phi) is 9.28. The van der Waals surface area contributed by atoms with Gasteiger partial charge in [0, 0.05) is 28.8 Å². The molecule has 0 amide bonds. The summed E-state index contributed by atoms with van der Waals surface area (Å²) in [4.78, 5) is 0. The van der Waals surface area contributed by atoms with Gasteiger partial charge in [0.25, 0.3) is 8.32 Å². The van der Waals surface area contributed by atoms with Crippen molar-refractivity contribution in [3.05, 3.63) is 69.3 Å². The maximum Gasteiger partial charge on any atom is 0.250 e. The molecule has 6 nitrogen and oxygen atoms in total. The van der Waals surface area contributed by atoms with Crippen LogP contribution in [-0.4, -0.2) is 48.2 Å². The lowest BCUT2D eigenvalue weighted by molar-refractivity contribution is 0.0672. The lowest BCUT2D eigenvalue weighted by Crippen LogP contribution is -2.45. The predicted molar refractivity (Wildman–Crippen MR) is 188 cm³/mol. The molecule has 244 valence electrons. The molecule has 45 heavy (non-hydrogen) atoms. The molecular weight excluding hydrogens is 597 g/mol. The maximum absolute atomic E-state index is 9.13. The van der Waals surface area contributed by atoms with E-state index in [0.29, 0.717) is 19.6 Å². The number of aliphatic hydroxyl groups is 1. The molecule has 0 spiro atoms. The summed E-state index contributed by atoms with van der Waals surface area (Å²) in [5.41, 5.74) is 4.46. The second-order valence-electron chi connectivity index (χ2n) is 15.5. The molecule has 3 aliphatic rings. The Balaban J connectivity index is 1.69. The van der Waals surface area contributed by atoms with Crippen molar-refractivity contribution < 1.29 is 28.2 Å². The monoisotopic (exact) mass is 648 g/mol. The SMILES string of the molecule is CC(C)(C)[Si](C)(C)OC1=Cc2c3c(cc(O[Si](C)(C)C(C)(C)C)c2=C2CO[C@H](c4ccc(OCCO)cc4)CC2=C1)=CCCO3. The molecule has 1 aliphatic carbocycles. The Morgan fingerprint density at radius 2 is 1.58 bits per heavy atom. The summed E-state index contributed by atoms with van der Waals surface area (Å²) in [6.45, 7) is 24.2. The van der Waals surface area contributed by atoms with Gasteiger partial charge in [-0.1, -0.05) is 59.8 Å². The zero-order chi connectivity index (χ0) is 32.8. The summed E-state index contributed by atoms with van der Waals surface area (Å²) in [5.74, 6) is 3.43. The fourth-order valence-electron chi connectivity index (χ4n) is 5.38. The first-order valence-electron chi connectivity index (χ1n) is 16.3. The van der Waals surface area contributed by atoms with Crippen molar-refractivity contribution in [2.75, 3.05) is 26.4 Å². The number of allylic oxidation sites excluding steroid dienone is 1. The predicted octanol–water partition coefficient (Wildman–Crippen LogP) is 7.62. The van der Waals surface area contributed by atoms with Crippen molar-refractivity contribution in [2.24, 2.45) is 0 Å². The first-order chi connectivity index (χ1) is 21.0. The van der Waals surface area contributed by atoms with E-state index < -0.39 is 16.6 Å². The van der Waals surface area contributed by atoms with Crippen LogP contribution in [0.4, 0.5) is 0 Å². The van der Waals surface area contributed by atoms with Crippen LogP contribution in [0.1, 0.15) is 71.6 Å². The molecule has 2 aromatic carbocycles. The largest absolute Gasteiger partial charge is 0.543 e. The molecule has 0 saturated carbocycles. The molecule has 0 bridgehead atoms. The molecule has 1 atom stereocenters. The Hall–Kier alpha value is -2.79. The van der Waals surface area contributed by atoms with Crippen LogP contribution in [0.15, 0.2) is 47.7 Å². The molecule has 0 aromatic heterocycles. The number of rotatable bonds is 8. The second-order valence-corrected chi connectivity index (χ2v) is 24.9. The van der Waals surface area contributed by atoms with E-state index >= 15 is 0 Å². The summed E-state index contributed by atoms with van der Waals surface area (Å²) in [6.07, 6.45) is 8.18. The highest BCUT2D eigenvalue weighted by Crippen LogP contribution is 2.43. The summed E-state index contributed by atoms with van der Waals surface area (Å²) in [5, 5.41) is 11.4. The fourth-order valence-corrected chi connectivity index (χ4v) is 7.41. The Morgan fingerprint density at radius 3 is 2.22 bits per heavy atom. The van der Waals surface area contributed by atoms with Crippen molar-refractivity contribution in [2.45, 2.75) is 96.8 Å². The molecule has 1 saturated heterocycles. The first kappa shape index (κ1) is 33.6. The number of aliphatic hydroxyl groups excluding tert-OH is 1. The van der Waals surface area contributed by atoms with Gasteiger partial charge in [-0.2, -0.15) is 0 Å². The molecule has 2 aliphatic heterocycles. The minimum absolute atomic E-state index is 0.0120. The average Bonchev–Trinajstić information content (AvgIpc) is 3.11. The molecule has 1 N–H and O–H groups in total. The normalized spacial score (nSPS) is 18.6. The lowest BCUT2D eigenvalue weighted by atomic mass is 9.91. The van der Waals surface area contributed by atoms with Gasteiger partial charge in [0.2, 0.25) is 8.32 Å². The fraction of sp³-hybridized carbons (Fsp3) is 0.514. The van der Waals surface area contributed by atoms with E-state index in [9.17, 15) is 0 Å². The van der Waals surface area contributed by atoms with Crippen LogP contribution in [0, 0.1) is 0 Å². The molecular formula is C37H52O6Si2. The topological polar surface area (TPSA) is 66.4 Å². The Labute approximate surface area is 271 Å². The lowest BCUT2D eigenvalue weighted by Gasteiger charge is -2.37. The zero-order valence-electron chi connectivity index (χ0n) is 28.9. The molecule has 5 rings (SSSR count). The third kappa shape index (κ3) is 6.99. The molecule has 2 aromatic rings. The van der Waals surface area contributed by atoms with Crippen molar-refractivity contribution in [3.63, 3.8) is 0 Å². The molecule has 0 unspecified atom stereocenters. The highest BCUT2D eigenvalue weighted by Gasteiger charge is 2.41. The van der Waals surface area contributed by atoms with Gasteiger partial charge in [0.15, 0.2) is 0 Å². The van der Waals surface area contributed by atoms with Gasteiger partial charge in [-0.15, -0.1) is 0 Å². The zero-order valence-corrected chi connectivity index (χ0v) is 30.9. The van der Waals surface area contributed by atoms with Crippen LogP contribution < -0.4 is 24.3 Å². The van der Waals surface area contributed by atoms with Gasteiger partial charge in [0.1, 0.15) is 29.6 Å². The molecule has 0 radical (unpaired) electrons. The number of hydrogen-bond donors (Lipinski definition) is 1. The van der Waals surface area contributed by atoms with Crippen molar-refractivity contribution >= 4 is 34.4 Å². The highest BCUT2D eigenvalue weighted by atomic mass is 28.4. The summed E-state index contributed by atoms with van der Waals surface area (Å²) >= 11 is 0. The van der Waals surface area contributed by atoms with Crippen molar-refractivity contribution in [1.29, 1.82) is 0 Å². The van der Waals surface area contributed by atoms with E-state index in [1.807, 2.05) is 12.1 Å². The van der Waals surface area contributed by atoms with E-state index in [0.717, 1.165) is 56.6 Å². The van der Waals surface area contributed by atoms with Gasteiger partial charge in [-0.25, -0.2) is 0 Å². The van der Waals surface area contributed by atoms with E-state index in [-0.39, 0.29) is 29.4 Å². The molecule has 2 heterocycles. The quantitative estimate of drug-likeness (QED) is 0.297. The van der Waals surface area contributed by atoms with Crippen LogP contribution in [0.25, 0.3) is 17.7 Å². The van der Waals surface area contributed by atoms with Crippen LogP contribution in [-0.2, 0) is 9.16 Å². The minimum Gasteiger partial charge on any atom is -0.543 e. The standard InChI is InChI=1S/C37H52O6Si2/c1-36(2,3)44(7,8)42-29-20-27-22-32(25-13-15-28(16-14-25)39-19-17-38)41-24-31(27)34-30(23-29)35-26(12-11-18-40-35)21-33(34)43-45(9,10)37(4,5)6/h12-16,20-21,23,32,38H,11,17-19,22,24H2,1-10H3/t32-/m0/s1. The van der Waals surface area contributed by atoms with Crippen LogP contribution in [0.5, 0.6) is 17.2 Å². The Morgan fingerprint density at radius 1 is 0.911 bits per heavy atom. The average molecular weight is 649 g/mol. The van der Waals surface area contributed by atoms with Crippen molar-refractivity contribution in [3.8, 4) is 17.2 Å². The van der Waals surface area contributed by atoms with Gasteiger partial charge in [-0.05, 0) is 83.3 Å². The summed E-state index contributed by atoms with van der Waals surface area (Å²) in [6, 6.07) is 10.2. The van der Waals surface area contributed by atoms with E-state index in [1.165, 1.54) is 5.57 Å². The van der Waals surface area contributed by atoms with Crippen LogP contribution in [0.3, 0.4) is 0 Å². The van der Waals surface area contributed by atoms with Crippen LogP contribution in [0.2, 0.25) is 36.3 Å². The van der Waals surface area contributed by atoms with E-state index in [4.69, 9.17) is 28.2 Å². The van der Waals surface area contributed by atoms with Gasteiger partial charge >= 0.3 is 0 Å². The second kappa shape index (κ2) is 12.4. The molecule has 8 heteroatoms. The van der Waals surface area contributed by atoms with Crippen LogP contribution >= 0.6 is 0 Å². The Bertz CT molecular complexity index is 1600. The smallest absolute Gasteiger partial charge is 0.250 e. The minimum atomic E-state index is -2.19. The number of fused-ring (bicyclic) bond motifs is 4. The highest BCUT2D eigenvalue weighted by molar-refractivity contribution is 6.75. The van der Waals surface area contributed by atoms with Crippen molar-refractivity contribution in [1.82, 2.24) is 0 Å². The summed E-state index contributed by atoms with van der Waals surface area (Å²) in [7, 11) is -4.35.